The van der Waals surface area contributed by atoms with Gasteiger partial charge in [-0.1, -0.05) is 39.7 Å². The van der Waals surface area contributed by atoms with E-state index in [0.717, 1.165) is 57.1 Å². The lowest BCUT2D eigenvalue weighted by Crippen LogP contribution is -2.15. The molecule has 0 fully saturated rings. The highest BCUT2D eigenvalue weighted by molar-refractivity contribution is 5.40. The molecule has 0 saturated heterocycles. The SMILES string of the molecule is CCCCCOc1cc(OCCC)ccc1CNCCC. The fourth-order valence-electron chi connectivity index (χ4n) is 2.06. The predicted octanol–water partition coefficient (Wildman–Crippen LogP) is 4.54. The number of hydrogen-bond donors (Lipinski definition) is 1. The molecule has 0 spiro atoms. The molecule has 0 atom stereocenters. The van der Waals surface area contributed by atoms with Gasteiger partial charge in [-0.3, -0.25) is 0 Å². The summed E-state index contributed by atoms with van der Waals surface area (Å²) in [4.78, 5) is 0. The smallest absolute Gasteiger partial charge is 0.127 e. The van der Waals surface area contributed by atoms with E-state index < -0.39 is 0 Å². The van der Waals surface area contributed by atoms with Crippen molar-refractivity contribution in [2.24, 2.45) is 0 Å². The molecular formula is C18H31NO2. The first kappa shape index (κ1) is 17.8. The second-order valence-corrected chi connectivity index (χ2v) is 5.35. The molecule has 0 bridgehead atoms. The first-order valence-corrected chi connectivity index (χ1v) is 8.41. The van der Waals surface area contributed by atoms with Crippen molar-refractivity contribution in [2.75, 3.05) is 19.8 Å². The Morgan fingerprint density at radius 3 is 2.48 bits per heavy atom. The Bertz CT molecular complexity index is 379. The van der Waals surface area contributed by atoms with Gasteiger partial charge in [-0.2, -0.15) is 0 Å². The highest BCUT2D eigenvalue weighted by Gasteiger charge is 2.06. The van der Waals surface area contributed by atoms with E-state index in [9.17, 15) is 0 Å². The van der Waals surface area contributed by atoms with Crippen LogP contribution < -0.4 is 14.8 Å². The number of benzene rings is 1. The summed E-state index contributed by atoms with van der Waals surface area (Å²) in [6.07, 6.45) is 5.71. The maximum atomic E-state index is 5.97. The van der Waals surface area contributed by atoms with E-state index in [1.807, 2.05) is 12.1 Å². The van der Waals surface area contributed by atoms with Gasteiger partial charge in [0.05, 0.1) is 13.2 Å². The zero-order chi connectivity index (χ0) is 15.3. The van der Waals surface area contributed by atoms with Crippen molar-refractivity contribution >= 4 is 0 Å². The largest absolute Gasteiger partial charge is 0.493 e. The highest BCUT2D eigenvalue weighted by Crippen LogP contribution is 2.25. The second kappa shape index (κ2) is 11.4. The van der Waals surface area contributed by atoms with Gasteiger partial charge in [-0.15, -0.1) is 0 Å². The molecule has 0 unspecified atom stereocenters. The van der Waals surface area contributed by atoms with Crippen LogP contribution in [0.2, 0.25) is 0 Å². The summed E-state index contributed by atoms with van der Waals surface area (Å²) in [6.45, 7) is 9.92. The zero-order valence-corrected chi connectivity index (χ0v) is 13.9. The van der Waals surface area contributed by atoms with Crippen LogP contribution in [0.15, 0.2) is 18.2 Å². The van der Waals surface area contributed by atoms with Crippen LogP contribution in [0.5, 0.6) is 11.5 Å². The lowest BCUT2D eigenvalue weighted by Gasteiger charge is -2.14. The molecule has 3 nitrogen and oxygen atoms in total. The topological polar surface area (TPSA) is 30.5 Å². The van der Waals surface area contributed by atoms with Crippen LogP contribution in [-0.4, -0.2) is 19.8 Å². The van der Waals surface area contributed by atoms with E-state index >= 15 is 0 Å². The summed E-state index contributed by atoms with van der Waals surface area (Å²) in [5, 5.41) is 3.44. The molecule has 0 aromatic heterocycles. The molecule has 21 heavy (non-hydrogen) atoms. The maximum absolute atomic E-state index is 5.97. The third-order valence-electron chi connectivity index (χ3n) is 3.26. The summed E-state index contributed by atoms with van der Waals surface area (Å²) in [6, 6.07) is 6.19. The first-order valence-electron chi connectivity index (χ1n) is 8.41. The maximum Gasteiger partial charge on any atom is 0.127 e. The molecule has 0 saturated carbocycles. The van der Waals surface area contributed by atoms with Crippen molar-refractivity contribution < 1.29 is 9.47 Å². The van der Waals surface area contributed by atoms with Crippen LogP contribution in [0.25, 0.3) is 0 Å². The third kappa shape index (κ3) is 7.37. The molecule has 1 rings (SSSR count). The van der Waals surface area contributed by atoms with Crippen molar-refractivity contribution in [3.63, 3.8) is 0 Å². The highest BCUT2D eigenvalue weighted by atomic mass is 16.5. The minimum atomic E-state index is 0.753. The van der Waals surface area contributed by atoms with E-state index in [1.54, 1.807) is 0 Å². The minimum absolute atomic E-state index is 0.753. The Balaban J connectivity index is 2.64. The molecule has 0 radical (unpaired) electrons. The molecule has 1 aromatic carbocycles. The molecule has 0 amide bonds. The van der Waals surface area contributed by atoms with Gasteiger partial charge in [0.2, 0.25) is 0 Å². The summed E-state index contributed by atoms with van der Waals surface area (Å²) < 4.78 is 11.7. The van der Waals surface area contributed by atoms with Crippen LogP contribution in [0.4, 0.5) is 0 Å². The van der Waals surface area contributed by atoms with E-state index in [2.05, 4.69) is 32.2 Å². The molecule has 1 N–H and O–H groups in total. The van der Waals surface area contributed by atoms with Gasteiger partial charge < -0.3 is 14.8 Å². The van der Waals surface area contributed by atoms with Crippen molar-refractivity contribution in [1.29, 1.82) is 0 Å². The van der Waals surface area contributed by atoms with Crippen LogP contribution in [0.3, 0.4) is 0 Å². The fourth-order valence-corrected chi connectivity index (χ4v) is 2.06. The van der Waals surface area contributed by atoms with Crippen molar-refractivity contribution in [2.45, 2.75) is 59.4 Å². The minimum Gasteiger partial charge on any atom is -0.493 e. The Labute approximate surface area is 130 Å². The number of ether oxygens (including phenoxy) is 2. The summed E-state index contributed by atoms with van der Waals surface area (Å²) >= 11 is 0. The van der Waals surface area contributed by atoms with Crippen molar-refractivity contribution in [3.05, 3.63) is 23.8 Å². The lowest BCUT2D eigenvalue weighted by atomic mass is 10.2. The average molecular weight is 293 g/mol. The molecule has 120 valence electrons. The molecule has 0 aliphatic rings. The molecular weight excluding hydrogens is 262 g/mol. The third-order valence-corrected chi connectivity index (χ3v) is 3.26. The molecule has 3 heteroatoms. The number of hydrogen-bond acceptors (Lipinski definition) is 3. The van der Waals surface area contributed by atoms with Gasteiger partial charge in [0, 0.05) is 18.2 Å². The Morgan fingerprint density at radius 2 is 1.76 bits per heavy atom. The first-order chi connectivity index (χ1) is 10.3. The zero-order valence-electron chi connectivity index (χ0n) is 13.9. The van der Waals surface area contributed by atoms with Crippen molar-refractivity contribution in [3.8, 4) is 11.5 Å². The standard InChI is InChI=1S/C18H31NO2/c1-4-7-8-13-21-18-14-17(20-12-6-3)10-9-16(18)15-19-11-5-2/h9-10,14,19H,4-8,11-13,15H2,1-3H3. The quantitative estimate of drug-likeness (QED) is 0.574. The van der Waals surface area contributed by atoms with Gasteiger partial charge in [0.1, 0.15) is 11.5 Å². The van der Waals surface area contributed by atoms with Gasteiger partial charge >= 0.3 is 0 Å². The second-order valence-electron chi connectivity index (χ2n) is 5.35. The summed E-state index contributed by atoms with van der Waals surface area (Å²) in [7, 11) is 0. The Hall–Kier alpha value is -1.22. The predicted molar refractivity (Wildman–Crippen MR) is 89.2 cm³/mol. The fraction of sp³-hybridized carbons (Fsp3) is 0.667. The van der Waals surface area contributed by atoms with Crippen LogP contribution >= 0.6 is 0 Å². The number of unbranched alkanes of at least 4 members (excludes halogenated alkanes) is 2. The Kier molecular flexibility index (Phi) is 9.71. The van der Waals surface area contributed by atoms with E-state index in [1.165, 1.54) is 18.4 Å². The molecule has 0 aliphatic heterocycles. The summed E-state index contributed by atoms with van der Waals surface area (Å²) in [5.74, 6) is 1.87. The van der Waals surface area contributed by atoms with Gasteiger partial charge in [-0.05, 0) is 31.9 Å². The molecule has 0 heterocycles. The summed E-state index contributed by atoms with van der Waals surface area (Å²) in [5.41, 5.74) is 1.21. The van der Waals surface area contributed by atoms with Gasteiger partial charge in [0.15, 0.2) is 0 Å². The van der Waals surface area contributed by atoms with E-state index in [0.29, 0.717) is 0 Å². The van der Waals surface area contributed by atoms with Crippen LogP contribution in [-0.2, 0) is 6.54 Å². The van der Waals surface area contributed by atoms with Gasteiger partial charge in [-0.25, -0.2) is 0 Å². The van der Waals surface area contributed by atoms with E-state index in [-0.39, 0.29) is 0 Å². The van der Waals surface area contributed by atoms with Crippen molar-refractivity contribution in [1.82, 2.24) is 5.32 Å². The number of rotatable bonds is 12. The monoisotopic (exact) mass is 293 g/mol. The molecule has 0 aliphatic carbocycles. The van der Waals surface area contributed by atoms with Crippen LogP contribution in [0.1, 0.15) is 58.4 Å². The normalized spacial score (nSPS) is 10.6. The van der Waals surface area contributed by atoms with Crippen LogP contribution in [0, 0.1) is 0 Å². The molecule has 1 aromatic rings. The lowest BCUT2D eigenvalue weighted by molar-refractivity contribution is 0.292. The average Bonchev–Trinajstić information content (AvgIpc) is 2.51. The number of nitrogens with one attached hydrogen (secondary N) is 1. The van der Waals surface area contributed by atoms with E-state index in [4.69, 9.17) is 9.47 Å². The van der Waals surface area contributed by atoms with Gasteiger partial charge in [0.25, 0.3) is 0 Å². The Morgan fingerprint density at radius 1 is 0.905 bits per heavy atom.